The number of pyridine rings is 1. The average molecular weight is 334 g/mol. The van der Waals surface area contributed by atoms with E-state index in [1.54, 1.807) is 6.20 Å². The molecule has 1 amide bonds. The summed E-state index contributed by atoms with van der Waals surface area (Å²) in [5.74, 6) is -0.0152. The van der Waals surface area contributed by atoms with Crippen LogP contribution < -0.4 is 5.32 Å². The van der Waals surface area contributed by atoms with Crippen LogP contribution in [0.5, 0.6) is 0 Å². The fourth-order valence-corrected chi connectivity index (χ4v) is 2.66. The van der Waals surface area contributed by atoms with Crippen molar-refractivity contribution < 1.29 is 4.79 Å². The molecule has 1 aliphatic carbocycles. The van der Waals surface area contributed by atoms with Crippen molar-refractivity contribution >= 4 is 21.8 Å². The molecule has 0 aromatic carbocycles. The Bertz CT molecular complexity index is 605. The molecule has 0 spiro atoms. The normalized spacial score (nSPS) is 14.2. The fraction of sp³-hybridized carbons (Fsp3) is 0.333. The van der Waals surface area contributed by atoms with Crippen LogP contribution in [0.3, 0.4) is 0 Å². The highest BCUT2D eigenvalue weighted by Gasteiger charge is 2.27. The lowest BCUT2D eigenvalue weighted by Gasteiger charge is -2.08. The minimum absolute atomic E-state index is 0.0152. The third kappa shape index (κ3) is 3.10. The Labute approximate surface area is 126 Å². The van der Waals surface area contributed by atoms with Crippen molar-refractivity contribution in [3.63, 3.8) is 0 Å². The molecule has 3 rings (SSSR count). The molecule has 1 fully saturated rings. The molecule has 1 N–H and O–H groups in total. The van der Waals surface area contributed by atoms with E-state index in [4.69, 9.17) is 0 Å². The Morgan fingerprint density at radius 3 is 3.00 bits per heavy atom. The van der Waals surface area contributed by atoms with Crippen LogP contribution in [0.4, 0.5) is 0 Å². The third-order valence-electron chi connectivity index (χ3n) is 3.38. The zero-order valence-corrected chi connectivity index (χ0v) is 12.6. The first-order chi connectivity index (χ1) is 9.74. The van der Waals surface area contributed by atoms with Gasteiger partial charge in [-0.2, -0.15) is 0 Å². The average Bonchev–Trinajstić information content (AvgIpc) is 3.22. The molecule has 2 aromatic heterocycles. The van der Waals surface area contributed by atoms with E-state index in [9.17, 15) is 4.79 Å². The maximum atomic E-state index is 12.2. The van der Waals surface area contributed by atoms with Gasteiger partial charge in [0.1, 0.15) is 5.69 Å². The summed E-state index contributed by atoms with van der Waals surface area (Å²) in [6, 6.07) is 8.20. The van der Waals surface area contributed by atoms with Gasteiger partial charge in [0.15, 0.2) is 0 Å². The van der Waals surface area contributed by atoms with Crippen LogP contribution in [0.15, 0.2) is 41.1 Å². The molecule has 0 radical (unpaired) electrons. The minimum Gasteiger partial charge on any atom is -0.350 e. The predicted molar refractivity (Wildman–Crippen MR) is 80.7 cm³/mol. The van der Waals surface area contributed by atoms with E-state index in [0.29, 0.717) is 12.6 Å². The predicted octanol–water partition coefficient (Wildman–Crippen LogP) is 2.95. The van der Waals surface area contributed by atoms with Gasteiger partial charge in [0, 0.05) is 41.6 Å². The zero-order valence-electron chi connectivity index (χ0n) is 11.1. The van der Waals surface area contributed by atoms with E-state index >= 15 is 0 Å². The summed E-state index contributed by atoms with van der Waals surface area (Å²) in [4.78, 5) is 16.5. The highest BCUT2D eigenvalue weighted by Crippen LogP contribution is 2.37. The molecule has 4 nitrogen and oxygen atoms in total. The van der Waals surface area contributed by atoms with Gasteiger partial charge in [-0.15, -0.1) is 0 Å². The SMILES string of the molecule is O=C(NCCc1ccccn1)c1cc(Br)cn1C1CC1. The Morgan fingerprint density at radius 1 is 1.45 bits per heavy atom. The number of nitrogens with zero attached hydrogens (tertiary/aromatic N) is 2. The van der Waals surface area contributed by atoms with Crippen LogP contribution >= 0.6 is 15.9 Å². The van der Waals surface area contributed by atoms with Crippen molar-refractivity contribution in [2.75, 3.05) is 6.54 Å². The van der Waals surface area contributed by atoms with Crippen LogP contribution in [0.25, 0.3) is 0 Å². The second-order valence-corrected chi connectivity index (χ2v) is 5.92. The summed E-state index contributed by atoms with van der Waals surface area (Å²) >= 11 is 3.44. The van der Waals surface area contributed by atoms with Crippen molar-refractivity contribution in [1.29, 1.82) is 0 Å². The first-order valence-electron chi connectivity index (χ1n) is 6.79. The molecule has 2 aromatic rings. The van der Waals surface area contributed by atoms with Crippen molar-refractivity contribution in [2.24, 2.45) is 0 Å². The fourth-order valence-electron chi connectivity index (χ4n) is 2.22. The number of nitrogens with one attached hydrogen (secondary N) is 1. The standard InChI is InChI=1S/C15H16BrN3O/c16-11-9-14(19(10-11)13-4-5-13)15(20)18-8-6-12-3-1-2-7-17-12/h1-3,7,9-10,13H,4-6,8H2,(H,18,20). The van der Waals surface area contributed by atoms with Gasteiger partial charge in [0.05, 0.1) is 0 Å². The molecule has 1 aliphatic rings. The quantitative estimate of drug-likeness (QED) is 0.914. The van der Waals surface area contributed by atoms with Crippen molar-refractivity contribution in [3.05, 3.63) is 52.5 Å². The zero-order chi connectivity index (χ0) is 13.9. The second-order valence-electron chi connectivity index (χ2n) is 5.01. The molecule has 2 heterocycles. The maximum absolute atomic E-state index is 12.2. The minimum atomic E-state index is -0.0152. The molecule has 1 saturated carbocycles. The molecule has 0 bridgehead atoms. The lowest BCUT2D eigenvalue weighted by atomic mass is 10.2. The van der Waals surface area contributed by atoms with E-state index in [0.717, 1.165) is 35.1 Å². The van der Waals surface area contributed by atoms with E-state index < -0.39 is 0 Å². The Balaban J connectivity index is 1.59. The number of aromatic nitrogens is 2. The maximum Gasteiger partial charge on any atom is 0.267 e. The van der Waals surface area contributed by atoms with Crippen molar-refractivity contribution in [1.82, 2.24) is 14.9 Å². The van der Waals surface area contributed by atoms with Gasteiger partial charge in [-0.3, -0.25) is 9.78 Å². The van der Waals surface area contributed by atoms with E-state index in [-0.39, 0.29) is 5.91 Å². The summed E-state index contributed by atoms with van der Waals surface area (Å²) in [5, 5.41) is 2.96. The summed E-state index contributed by atoms with van der Waals surface area (Å²) in [6.45, 7) is 0.601. The molecular weight excluding hydrogens is 318 g/mol. The van der Waals surface area contributed by atoms with Crippen molar-refractivity contribution in [3.8, 4) is 0 Å². The highest BCUT2D eigenvalue weighted by atomic mass is 79.9. The summed E-state index contributed by atoms with van der Waals surface area (Å²) in [7, 11) is 0. The Hall–Kier alpha value is -1.62. The van der Waals surface area contributed by atoms with Crippen LogP contribution in [0.2, 0.25) is 0 Å². The van der Waals surface area contributed by atoms with Gasteiger partial charge < -0.3 is 9.88 Å². The van der Waals surface area contributed by atoms with E-state index in [2.05, 4.69) is 30.8 Å². The first kappa shape index (κ1) is 13.4. The molecule has 20 heavy (non-hydrogen) atoms. The highest BCUT2D eigenvalue weighted by molar-refractivity contribution is 9.10. The Kier molecular flexibility index (Phi) is 3.87. The van der Waals surface area contributed by atoms with Gasteiger partial charge in [-0.1, -0.05) is 6.07 Å². The molecule has 0 unspecified atom stereocenters. The van der Waals surface area contributed by atoms with Gasteiger partial charge in [0.25, 0.3) is 5.91 Å². The largest absolute Gasteiger partial charge is 0.350 e. The molecule has 0 atom stereocenters. The topological polar surface area (TPSA) is 46.9 Å². The number of carbonyl (C=O) groups excluding carboxylic acids is 1. The van der Waals surface area contributed by atoms with Gasteiger partial charge in [0.2, 0.25) is 0 Å². The molecule has 5 heteroatoms. The van der Waals surface area contributed by atoms with Crippen LogP contribution in [-0.2, 0) is 6.42 Å². The summed E-state index contributed by atoms with van der Waals surface area (Å²) in [5.41, 5.74) is 1.73. The van der Waals surface area contributed by atoms with Crippen molar-refractivity contribution in [2.45, 2.75) is 25.3 Å². The molecule has 104 valence electrons. The number of halogens is 1. The van der Waals surface area contributed by atoms with Gasteiger partial charge in [-0.05, 0) is 47.0 Å². The van der Waals surface area contributed by atoms with Gasteiger partial charge in [-0.25, -0.2) is 0 Å². The van der Waals surface area contributed by atoms with E-state index in [1.807, 2.05) is 30.5 Å². The number of amides is 1. The Morgan fingerprint density at radius 2 is 2.30 bits per heavy atom. The lowest BCUT2D eigenvalue weighted by molar-refractivity contribution is 0.0944. The monoisotopic (exact) mass is 333 g/mol. The smallest absolute Gasteiger partial charge is 0.267 e. The van der Waals surface area contributed by atoms with Crippen LogP contribution in [0, 0.1) is 0 Å². The van der Waals surface area contributed by atoms with Crippen LogP contribution in [0.1, 0.15) is 35.1 Å². The third-order valence-corrected chi connectivity index (χ3v) is 3.81. The van der Waals surface area contributed by atoms with Gasteiger partial charge >= 0.3 is 0 Å². The number of rotatable bonds is 5. The summed E-state index contributed by atoms with van der Waals surface area (Å²) in [6.07, 6.45) is 6.83. The second kappa shape index (κ2) is 5.79. The van der Waals surface area contributed by atoms with E-state index in [1.165, 1.54) is 0 Å². The van der Waals surface area contributed by atoms with Crippen LogP contribution in [-0.4, -0.2) is 22.0 Å². The molecule has 0 saturated heterocycles. The molecule has 0 aliphatic heterocycles. The lowest BCUT2D eigenvalue weighted by Crippen LogP contribution is -2.27. The number of hydrogen-bond donors (Lipinski definition) is 1. The number of hydrogen-bond acceptors (Lipinski definition) is 2. The molecular formula is C15H16BrN3O. The summed E-state index contributed by atoms with van der Waals surface area (Å²) < 4.78 is 3.03. The number of carbonyl (C=O) groups is 1. The first-order valence-corrected chi connectivity index (χ1v) is 7.59.